The van der Waals surface area contributed by atoms with E-state index in [0.717, 1.165) is 5.92 Å². The Morgan fingerprint density at radius 3 is 2.87 bits per heavy atom. The molecule has 15 heavy (non-hydrogen) atoms. The van der Waals surface area contributed by atoms with E-state index in [0.29, 0.717) is 3.12 Å². The van der Waals surface area contributed by atoms with Crippen molar-refractivity contribution in [1.82, 2.24) is 0 Å². The van der Waals surface area contributed by atoms with Crippen molar-refractivity contribution in [2.75, 3.05) is 0 Å². The van der Waals surface area contributed by atoms with Gasteiger partial charge in [-0.2, -0.15) is 0 Å². The number of rotatable bonds is 1. The molecule has 0 aliphatic heterocycles. The third-order valence-corrected chi connectivity index (χ3v) is 6.07. The topological polar surface area (TPSA) is 0 Å². The van der Waals surface area contributed by atoms with Gasteiger partial charge >= 0.3 is 107 Å². The summed E-state index contributed by atoms with van der Waals surface area (Å²) in [7, 11) is 0. The average molecular weight is 274 g/mol. The van der Waals surface area contributed by atoms with Crippen molar-refractivity contribution in [2.45, 2.75) is 28.8 Å². The van der Waals surface area contributed by atoms with Crippen molar-refractivity contribution >= 4 is 0 Å². The van der Waals surface area contributed by atoms with Crippen LogP contribution >= 0.6 is 0 Å². The molecule has 3 rings (SSSR count). The van der Waals surface area contributed by atoms with Crippen LogP contribution in [0.2, 0.25) is 3.12 Å². The van der Waals surface area contributed by atoms with E-state index in [4.69, 9.17) is 0 Å². The van der Waals surface area contributed by atoms with Crippen LogP contribution < -0.4 is 0 Å². The Labute approximate surface area is 107 Å². The maximum atomic E-state index is 2.40. The summed E-state index contributed by atoms with van der Waals surface area (Å²) in [4.78, 5) is 0. The summed E-state index contributed by atoms with van der Waals surface area (Å²) in [5, 5.41) is 0. The molecule has 0 saturated heterocycles. The molecule has 0 bridgehead atoms. The number of allylic oxidation sites excluding steroid dienone is 8. The number of hydrogen-bond donors (Lipinski definition) is 0. The molecule has 1 saturated carbocycles. The molecular weight excluding hydrogens is 259 g/mol. The van der Waals surface area contributed by atoms with Crippen molar-refractivity contribution in [3.63, 3.8) is 0 Å². The fourth-order valence-electron chi connectivity index (χ4n) is 3.09. The van der Waals surface area contributed by atoms with Gasteiger partial charge in [0.05, 0.1) is 0 Å². The SMILES string of the molecule is [Zr][C]1(C2=CC=CC2)CCC2CC=CC=C21. The molecule has 1 fully saturated rings. The Morgan fingerprint density at radius 2 is 2.07 bits per heavy atom. The predicted octanol–water partition coefficient (Wildman–Crippen LogP) is 3.87. The van der Waals surface area contributed by atoms with Gasteiger partial charge in [0.1, 0.15) is 0 Å². The summed E-state index contributed by atoms with van der Waals surface area (Å²) in [6, 6.07) is 0. The van der Waals surface area contributed by atoms with Crippen LogP contribution in [0.25, 0.3) is 0 Å². The van der Waals surface area contributed by atoms with Crippen molar-refractivity contribution in [1.29, 1.82) is 0 Å². The molecule has 2 unspecified atom stereocenters. The Kier molecular flexibility index (Phi) is 2.47. The molecule has 0 aromatic heterocycles. The van der Waals surface area contributed by atoms with Crippen LogP contribution in [-0.2, 0) is 24.7 Å². The van der Waals surface area contributed by atoms with Crippen molar-refractivity contribution in [3.05, 3.63) is 47.6 Å². The zero-order valence-electron chi connectivity index (χ0n) is 8.87. The number of hydrogen-bond acceptors (Lipinski definition) is 0. The van der Waals surface area contributed by atoms with Gasteiger partial charge in [-0.15, -0.1) is 0 Å². The Balaban J connectivity index is 1.98. The molecule has 2 atom stereocenters. The Bertz CT molecular complexity index is 398. The Hall–Kier alpha value is -0.157. The molecule has 3 aliphatic carbocycles. The third kappa shape index (κ3) is 1.51. The van der Waals surface area contributed by atoms with Gasteiger partial charge in [0.2, 0.25) is 0 Å². The quantitative estimate of drug-likeness (QED) is 0.681. The molecule has 0 nitrogen and oxygen atoms in total. The molecule has 0 heterocycles. The fraction of sp³-hybridized carbons (Fsp3) is 0.429. The summed E-state index contributed by atoms with van der Waals surface area (Å²) in [6.45, 7) is 0. The minimum absolute atomic E-state index is 0.464. The summed E-state index contributed by atoms with van der Waals surface area (Å²) in [5.41, 5.74) is 3.41. The van der Waals surface area contributed by atoms with Gasteiger partial charge in [0.25, 0.3) is 0 Å². The van der Waals surface area contributed by atoms with E-state index in [1.54, 1.807) is 35.9 Å². The van der Waals surface area contributed by atoms with E-state index in [9.17, 15) is 0 Å². The molecule has 3 aliphatic rings. The zero-order valence-corrected chi connectivity index (χ0v) is 11.3. The second kappa shape index (κ2) is 3.70. The zero-order chi connectivity index (χ0) is 10.3. The Morgan fingerprint density at radius 1 is 1.20 bits per heavy atom. The first-order valence-corrected chi connectivity index (χ1v) is 7.02. The van der Waals surface area contributed by atoms with E-state index in [1.165, 1.54) is 25.7 Å². The van der Waals surface area contributed by atoms with Gasteiger partial charge < -0.3 is 0 Å². The van der Waals surface area contributed by atoms with Crippen LogP contribution in [0.3, 0.4) is 0 Å². The van der Waals surface area contributed by atoms with Crippen molar-refractivity contribution in [3.8, 4) is 0 Å². The second-order valence-electron chi connectivity index (χ2n) is 4.75. The molecule has 0 radical (unpaired) electrons. The summed E-state index contributed by atoms with van der Waals surface area (Å²) in [6.07, 6.45) is 19.1. The summed E-state index contributed by atoms with van der Waals surface area (Å²) < 4.78 is 0.464. The van der Waals surface area contributed by atoms with E-state index < -0.39 is 0 Å². The van der Waals surface area contributed by atoms with Crippen LogP contribution in [0.1, 0.15) is 25.7 Å². The standard InChI is InChI=1S/C14H15.Zr/c1-2-6-11(5-1)14-10-9-12-7-3-4-8-13(12)14;/h1-5,8,12H,6-7,9-10H2;. The molecule has 75 valence electrons. The van der Waals surface area contributed by atoms with Crippen LogP contribution in [0.4, 0.5) is 0 Å². The molecule has 1 heteroatoms. The van der Waals surface area contributed by atoms with Gasteiger partial charge in [0, 0.05) is 0 Å². The van der Waals surface area contributed by atoms with Crippen molar-refractivity contribution in [2.24, 2.45) is 5.92 Å². The summed E-state index contributed by atoms with van der Waals surface area (Å²) in [5.74, 6) is 0.857. The molecule has 0 aromatic rings. The monoisotopic (exact) mass is 273 g/mol. The van der Waals surface area contributed by atoms with Gasteiger partial charge in [-0.3, -0.25) is 0 Å². The predicted molar refractivity (Wildman–Crippen MR) is 59.1 cm³/mol. The minimum atomic E-state index is 0.464. The van der Waals surface area contributed by atoms with Crippen LogP contribution in [-0.4, -0.2) is 0 Å². The fourth-order valence-corrected chi connectivity index (χ4v) is 4.60. The first-order chi connectivity index (χ1) is 7.31. The molecule has 0 spiro atoms. The first-order valence-electron chi connectivity index (χ1n) is 5.79. The van der Waals surface area contributed by atoms with Gasteiger partial charge in [-0.1, -0.05) is 0 Å². The summed E-state index contributed by atoms with van der Waals surface area (Å²) >= 11 is 1.69. The third-order valence-electron chi connectivity index (χ3n) is 3.95. The van der Waals surface area contributed by atoms with Crippen LogP contribution in [0, 0.1) is 5.92 Å². The van der Waals surface area contributed by atoms with E-state index in [-0.39, 0.29) is 0 Å². The van der Waals surface area contributed by atoms with Crippen molar-refractivity contribution < 1.29 is 24.7 Å². The molecular formula is C14H15Zr. The van der Waals surface area contributed by atoms with E-state index >= 15 is 0 Å². The molecule has 0 amide bonds. The second-order valence-corrected chi connectivity index (χ2v) is 6.85. The van der Waals surface area contributed by atoms with Crippen LogP contribution in [0.15, 0.2) is 47.6 Å². The maximum absolute atomic E-state index is 2.40. The normalized spacial score (nSPS) is 37.7. The van der Waals surface area contributed by atoms with Gasteiger partial charge in [-0.05, 0) is 0 Å². The number of fused-ring (bicyclic) bond motifs is 1. The molecule has 0 N–H and O–H groups in total. The van der Waals surface area contributed by atoms with E-state index in [2.05, 4.69) is 36.5 Å². The first kappa shape index (κ1) is 10.0. The molecule has 0 aromatic carbocycles. The average Bonchev–Trinajstić information content (AvgIpc) is 2.88. The van der Waals surface area contributed by atoms with Crippen LogP contribution in [0.5, 0.6) is 0 Å². The van der Waals surface area contributed by atoms with Gasteiger partial charge in [-0.25, -0.2) is 0 Å². The van der Waals surface area contributed by atoms with E-state index in [1.807, 2.05) is 0 Å². The van der Waals surface area contributed by atoms with Gasteiger partial charge in [0.15, 0.2) is 0 Å².